The number of allylic oxidation sites excluding steroid dienone is 5. The van der Waals surface area contributed by atoms with Crippen molar-refractivity contribution in [1.29, 1.82) is 0 Å². The van der Waals surface area contributed by atoms with E-state index in [1.54, 1.807) is 13.2 Å². The van der Waals surface area contributed by atoms with E-state index in [4.69, 9.17) is 9.47 Å². The van der Waals surface area contributed by atoms with Crippen LogP contribution in [0.15, 0.2) is 59.8 Å². The number of hydrogen-bond acceptors (Lipinski definition) is 4. The topological polar surface area (TPSA) is 55.8 Å². The highest BCUT2D eigenvalue weighted by Gasteiger charge is 2.15. The van der Waals surface area contributed by atoms with Gasteiger partial charge in [-0.05, 0) is 57.1 Å². The lowest BCUT2D eigenvalue weighted by Gasteiger charge is -2.17. The molecule has 0 fully saturated rings. The van der Waals surface area contributed by atoms with Gasteiger partial charge in [0.1, 0.15) is 6.10 Å². The second kappa shape index (κ2) is 15.8. The largest absolute Gasteiger partial charge is 0.458 e. The average Bonchev–Trinajstić information content (AvgIpc) is 2.71. The van der Waals surface area contributed by atoms with Gasteiger partial charge in [-0.15, -0.1) is 0 Å². The maximum absolute atomic E-state index is 12.4. The highest BCUT2D eigenvalue weighted by molar-refractivity contribution is 5.70. The van der Waals surface area contributed by atoms with Gasteiger partial charge < -0.3 is 14.6 Å². The Balaban J connectivity index is 2.98. The predicted molar refractivity (Wildman–Crippen MR) is 129 cm³/mol. The molecule has 4 nitrogen and oxygen atoms in total. The molecule has 0 amide bonds. The van der Waals surface area contributed by atoms with Crippen molar-refractivity contribution in [3.05, 3.63) is 59.8 Å². The fraction of sp³-hybridized carbons (Fsp3) is 0.593. The van der Waals surface area contributed by atoms with Gasteiger partial charge in [-0.3, -0.25) is 4.79 Å². The van der Waals surface area contributed by atoms with E-state index in [0.717, 1.165) is 25.7 Å². The second-order valence-corrected chi connectivity index (χ2v) is 8.52. The Hall–Kier alpha value is -1.91. The van der Waals surface area contributed by atoms with Crippen LogP contribution in [0.5, 0.6) is 0 Å². The van der Waals surface area contributed by atoms with Crippen LogP contribution in [-0.4, -0.2) is 36.5 Å². The number of esters is 1. The average molecular weight is 431 g/mol. The molecule has 1 N–H and O–H groups in total. The highest BCUT2D eigenvalue weighted by atomic mass is 16.5. The van der Waals surface area contributed by atoms with E-state index in [1.165, 1.54) is 11.1 Å². The first kappa shape index (κ1) is 27.1. The summed E-state index contributed by atoms with van der Waals surface area (Å²) in [6.45, 7) is 8.52. The molecule has 1 aliphatic rings. The molecule has 1 aliphatic heterocycles. The quantitative estimate of drug-likeness (QED) is 0.414. The first-order valence-corrected chi connectivity index (χ1v) is 11.6. The zero-order valence-electron chi connectivity index (χ0n) is 20.0. The first-order valence-electron chi connectivity index (χ1n) is 11.6. The smallest absolute Gasteiger partial charge is 0.309 e. The van der Waals surface area contributed by atoms with E-state index in [2.05, 4.69) is 45.9 Å². The van der Waals surface area contributed by atoms with Crippen molar-refractivity contribution in [3.8, 4) is 0 Å². The van der Waals surface area contributed by atoms with Crippen molar-refractivity contribution in [2.45, 2.75) is 91.0 Å². The third-order valence-electron chi connectivity index (χ3n) is 5.36. The molecule has 0 saturated heterocycles. The van der Waals surface area contributed by atoms with Crippen molar-refractivity contribution in [1.82, 2.24) is 0 Å². The van der Waals surface area contributed by atoms with Crippen LogP contribution < -0.4 is 0 Å². The van der Waals surface area contributed by atoms with Crippen LogP contribution >= 0.6 is 0 Å². The summed E-state index contributed by atoms with van der Waals surface area (Å²) in [6.07, 6.45) is 20.3. The van der Waals surface area contributed by atoms with Crippen molar-refractivity contribution in [2.24, 2.45) is 5.92 Å². The van der Waals surface area contributed by atoms with Crippen molar-refractivity contribution >= 4 is 5.97 Å². The van der Waals surface area contributed by atoms with Gasteiger partial charge in [0.15, 0.2) is 0 Å². The maximum Gasteiger partial charge on any atom is 0.309 e. The molecular formula is C27H42O4. The molecule has 0 spiro atoms. The van der Waals surface area contributed by atoms with Crippen LogP contribution in [0.1, 0.15) is 72.6 Å². The SMILES string of the molecule is CCCC/C(C)=C\[C@H]1C/C=C/C=C/C[C@H](C)/C=C(\C)[C@@H](OC)C/C=C/[C@@H](O)CC(=O)O1. The first-order chi connectivity index (χ1) is 14.8. The summed E-state index contributed by atoms with van der Waals surface area (Å²) in [6, 6.07) is 0. The Labute approximate surface area is 189 Å². The molecule has 31 heavy (non-hydrogen) atoms. The van der Waals surface area contributed by atoms with Crippen LogP contribution in [-0.2, 0) is 14.3 Å². The Morgan fingerprint density at radius 1 is 1.23 bits per heavy atom. The molecule has 0 saturated carbocycles. The normalized spacial score (nSPS) is 32.1. The molecule has 0 aromatic heterocycles. The Morgan fingerprint density at radius 3 is 2.61 bits per heavy atom. The number of cyclic esters (lactones) is 1. The van der Waals surface area contributed by atoms with Gasteiger partial charge in [0.05, 0.1) is 18.6 Å². The third kappa shape index (κ3) is 12.5. The second-order valence-electron chi connectivity index (χ2n) is 8.52. The standard InChI is InChI=1S/C27H42O4/c1-6-7-13-22(3)19-25-16-11-9-8-10-14-21(2)18-23(4)26(30-5)17-12-15-24(28)20-27(29)31-25/h8-12,15,18-19,21,24-26,28H,6-7,13-14,16-17,20H2,1-5H3/b10-8+,11-9+,15-12+,22-19-,23-18+/t21-,24+,25+,26-/m0/s1. The summed E-state index contributed by atoms with van der Waals surface area (Å²) in [5.41, 5.74) is 2.40. The lowest BCUT2D eigenvalue weighted by molar-refractivity contribution is -0.148. The summed E-state index contributed by atoms with van der Waals surface area (Å²) in [7, 11) is 1.70. The van der Waals surface area contributed by atoms with Gasteiger partial charge in [-0.25, -0.2) is 0 Å². The Bertz CT molecular complexity index is 669. The van der Waals surface area contributed by atoms with Gasteiger partial charge in [0, 0.05) is 13.5 Å². The number of aliphatic hydroxyl groups is 1. The molecule has 0 aliphatic carbocycles. The van der Waals surface area contributed by atoms with E-state index in [9.17, 15) is 9.90 Å². The minimum absolute atomic E-state index is 0.0405. The number of aliphatic hydroxyl groups excluding tert-OH is 1. The fourth-order valence-corrected chi connectivity index (χ4v) is 3.58. The van der Waals surface area contributed by atoms with E-state index < -0.39 is 6.10 Å². The fourth-order valence-electron chi connectivity index (χ4n) is 3.58. The van der Waals surface area contributed by atoms with Crippen molar-refractivity contribution < 1.29 is 19.4 Å². The summed E-state index contributed by atoms with van der Waals surface area (Å²) >= 11 is 0. The lowest BCUT2D eigenvalue weighted by atomic mass is 9.99. The summed E-state index contributed by atoms with van der Waals surface area (Å²) in [5, 5.41) is 10.2. The van der Waals surface area contributed by atoms with E-state index in [-0.39, 0.29) is 24.6 Å². The van der Waals surface area contributed by atoms with Gasteiger partial charge in [-0.2, -0.15) is 0 Å². The van der Waals surface area contributed by atoms with Crippen LogP contribution in [0.3, 0.4) is 0 Å². The van der Waals surface area contributed by atoms with Crippen LogP contribution in [0.4, 0.5) is 0 Å². The Morgan fingerprint density at radius 2 is 1.94 bits per heavy atom. The molecule has 1 rings (SSSR count). The summed E-state index contributed by atoms with van der Waals surface area (Å²) < 4.78 is 11.3. The third-order valence-corrected chi connectivity index (χ3v) is 5.36. The monoisotopic (exact) mass is 430 g/mol. The van der Waals surface area contributed by atoms with Gasteiger partial charge in [0.25, 0.3) is 0 Å². The number of rotatable bonds is 5. The zero-order chi connectivity index (χ0) is 23.1. The number of unbranched alkanes of at least 4 members (excludes halogenated alkanes) is 1. The minimum atomic E-state index is -0.864. The van der Waals surface area contributed by atoms with E-state index >= 15 is 0 Å². The van der Waals surface area contributed by atoms with E-state index in [0.29, 0.717) is 18.8 Å². The highest BCUT2D eigenvalue weighted by Crippen LogP contribution is 2.17. The molecule has 174 valence electrons. The predicted octanol–water partition coefficient (Wildman–Crippen LogP) is 6.24. The summed E-state index contributed by atoms with van der Waals surface area (Å²) in [5.74, 6) is 0.0218. The van der Waals surface area contributed by atoms with Crippen molar-refractivity contribution in [2.75, 3.05) is 7.11 Å². The number of carbonyl (C=O) groups is 1. The lowest BCUT2D eigenvalue weighted by Crippen LogP contribution is -2.20. The van der Waals surface area contributed by atoms with Crippen molar-refractivity contribution in [3.63, 3.8) is 0 Å². The van der Waals surface area contributed by atoms with Crippen LogP contribution in [0.25, 0.3) is 0 Å². The maximum atomic E-state index is 12.4. The van der Waals surface area contributed by atoms with Gasteiger partial charge >= 0.3 is 5.97 Å². The van der Waals surface area contributed by atoms with Gasteiger partial charge in [-0.1, -0.05) is 68.4 Å². The molecule has 0 bridgehead atoms. The zero-order valence-corrected chi connectivity index (χ0v) is 20.0. The number of carbonyl (C=O) groups excluding carboxylic acids is 1. The Kier molecular flexibility index (Phi) is 13.8. The minimum Gasteiger partial charge on any atom is -0.458 e. The molecule has 0 aromatic carbocycles. The number of hydrogen-bond donors (Lipinski definition) is 1. The van der Waals surface area contributed by atoms with Crippen LogP contribution in [0, 0.1) is 5.92 Å². The molecule has 0 aromatic rings. The molecule has 4 atom stereocenters. The van der Waals surface area contributed by atoms with E-state index in [1.807, 2.05) is 24.3 Å². The molecule has 1 heterocycles. The number of methoxy groups -OCH3 is 1. The van der Waals surface area contributed by atoms with Gasteiger partial charge in [0.2, 0.25) is 0 Å². The van der Waals surface area contributed by atoms with Crippen LogP contribution in [0.2, 0.25) is 0 Å². The molecular weight excluding hydrogens is 388 g/mol. The molecule has 4 heteroatoms. The number of ether oxygens (including phenoxy) is 2. The summed E-state index contributed by atoms with van der Waals surface area (Å²) in [4.78, 5) is 12.4. The molecule has 0 radical (unpaired) electrons. The molecule has 0 unspecified atom stereocenters.